The van der Waals surface area contributed by atoms with Crippen molar-refractivity contribution in [3.8, 4) is 5.75 Å². The summed E-state index contributed by atoms with van der Waals surface area (Å²) in [5, 5.41) is 5.32. The number of benzene rings is 2. The van der Waals surface area contributed by atoms with Crippen LogP contribution in [-0.2, 0) is 13.0 Å². The van der Waals surface area contributed by atoms with Gasteiger partial charge >= 0.3 is 0 Å². The normalized spacial score (nSPS) is 18.5. The quantitative estimate of drug-likeness (QED) is 0.648. The lowest BCUT2D eigenvalue weighted by molar-refractivity contribution is 0.0604. The van der Waals surface area contributed by atoms with Gasteiger partial charge in [-0.1, -0.05) is 35.9 Å². The summed E-state index contributed by atoms with van der Waals surface area (Å²) in [7, 11) is 2.04. The first-order valence-corrected chi connectivity index (χ1v) is 10.5. The summed E-state index contributed by atoms with van der Waals surface area (Å²) in [6.07, 6.45) is 2.79. The van der Waals surface area contributed by atoms with E-state index in [0.717, 1.165) is 35.5 Å². The fourth-order valence-corrected chi connectivity index (χ4v) is 4.37. The summed E-state index contributed by atoms with van der Waals surface area (Å²) in [6.45, 7) is 2.50. The molecule has 1 amide bonds. The van der Waals surface area contributed by atoms with Crippen molar-refractivity contribution in [3.05, 3.63) is 76.6 Å². The Morgan fingerprint density at radius 2 is 1.97 bits per heavy atom. The van der Waals surface area contributed by atoms with Crippen LogP contribution in [0.5, 0.6) is 5.75 Å². The Bertz CT molecular complexity index is 1080. The predicted octanol–water partition coefficient (Wildman–Crippen LogP) is 3.48. The van der Waals surface area contributed by atoms with Crippen LogP contribution in [0.2, 0.25) is 5.02 Å². The average Bonchev–Trinajstić information content (AvgIpc) is 3.09. The Balaban J connectivity index is 1.34. The average molecular weight is 423 g/mol. The second-order valence-electron chi connectivity index (χ2n) is 7.89. The second kappa shape index (κ2) is 7.69. The van der Waals surface area contributed by atoms with Crippen LogP contribution in [0.25, 0.3) is 0 Å². The van der Waals surface area contributed by atoms with Crippen molar-refractivity contribution in [1.29, 1.82) is 0 Å². The van der Waals surface area contributed by atoms with Gasteiger partial charge in [-0.25, -0.2) is 0 Å². The van der Waals surface area contributed by atoms with E-state index in [1.54, 1.807) is 0 Å². The number of carbonyl (C=O) groups excluding carboxylic acids is 1. The van der Waals surface area contributed by atoms with Crippen LogP contribution in [0.4, 0.5) is 5.69 Å². The van der Waals surface area contributed by atoms with Crippen LogP contribution in [0.15, 0.2) is 54.7 Å². The van der Waals surface area contributed by atoms with E-state index in [0.29, 0.717) is 30.4 Å². The zero-order chi connectivity index (χ0) is 20.7. The number of rotatable bonds is 3. The number of carbonyl (C=O) groups is 1. The lowest BCUT2D eigenvalue weighted by Crippen LogP contribution is -2.51. The number of hydrogen-bond acceptors (Lipinski definition) is 4. The summed E-state index contributed by atoms with van der Waals surface area (Å²) < 4.78 is 7.89. The molecule has 0 saturated heterocycles. The van der Waals surface area contributed by atoms with E-state index in [1.807, 2.05) is 71.4 Å². The summed E-state index contributed by atoms with van der Waals surface area (Å²) >= 11 is 5.97. The van der Waals surface area contributed by atoms with E-state index in [9.17, 15) is 4.79 Å². The summed E-state index contributed by atoms with van der Waals surface area (Å²) in [5.41, 5.74) is 3.72. The molecule has 2 aliphatic rings. The van der Waals surface area contributed by atoms with Crippen molar-refractivity contribution in [2.45, 2.75) is 19.0 Å². The molecule has 1 aromatic heterocycles. The maximum Gasteiger partial charge on any atom is 0.275 e. The molecule has 0 unspecified atom stereocenters. The van der Waals surface area contributed by atoms with Gasteiger partial charge in [-0.05, 0) is 36.2 Å². The number of ether oxygens (including phenoxy) is 1. The molecule has 0 bridgehead atoms. The van der Waals surface area contributed by atoms with Gasteiger partial charge < -0.3 is 14.5 Å². The molecule has 30 heavy (non-hydrogen) atoms. The van der Waals surface area contributed by atoms with E-state index < -0.39 is 0 Å². The molecule has 5 rings (SSSR count). The fraction of sp³-hybridized carbons (Fsp3) is 0.304. The van der Waals surface area contributed by atoms with Crippen molar-refractivity contribution in [2.75, 3.05) is 31.6 Å². The molecule has 3 heterocycles. The first kappa shape index (κ1) is 19.0. The zero-order valence-corrected chi connectivity index (χ0v) is 17.5. The molecule has 7 heteroatoms. The Morgan fingerprint density at radius 1 is 1.17 bits per heavy atom. The molecule has 0 aliphatic carbocycles. The van der Waals surface area contributed by atoms with Gasteiger partial charge in [0.05, 0.1) is 18.3 Å². The number of hydrogen-bond donors (Lipinski definition) is 0. The molecule has 2 aliphatic heterocycles. The molecule has 3 aromatic rings. The van der Waals surface area contributed by atoms with Gasteiger partial charge in [-0.15, -0.1) is 0 Å². The Labute approximate surface area is 180 Å². The molecule has 0 fully saturated rings. The lowest BCUT2D eigenvalue weighted by atomic mass is 10.0. The van der Waals surface area contributed by atoms with Crippen LogP contribution in [0.3, 0.4) is 0 Å². The van der Waals surface area contributed by atoms with Crippen molar-refractivity contribution >= 4 is 23.2 Å². The molecular formula is C23H23ClN4O2. The maximum absolute atomic E-state index is 13.3. The van der Waals surface area contributed by atoms with Crippen molar-refractivity contribution < 1.29 is 9.53 Å². The molecule has 0 spiro atoms. The third kappa shape index (κ3) is 3.52. The molecule has 2 aromatic carbocycles. The molecule has 0 radical (unpaired) electrons. The highest BCUT2D eigenvalue weighted by Crippen LogP contribution is 2.31. The summed E-state index contributed by atoms with van der Waals surface area (Å²) in [4.78, 5) is 17.4. The molecule has 1 atom stereocenters. The maximum atomic E-state index is 13.3. The number of halogens is 1. The smallest absolute Gasteiger partial charge is 0.275 e. The van der Waals surface area contributed by atoms with Gasteiger partial charge in [0.15, 0.2) is 5.69 Å². The number of likely N-dealkylation sites (N-methyl/N-ethyl adjacent to an activating group) is 1. The number of aromatic nitrogens is 2. The number of amides is 1. The van der Waals surface area contributed by atoms with Gasteiger partial charge in [-0.3, -0.25) is 9.48 Å². The van der Waals surface area contributed by atoms with Crippen LogP contribution in [0, 0.1) is 0 Å². The van der Waals surface area contributed by atoms with Crippen LogP contribution in [-0.4, -0.2) is 53.4 Å². The van der Waals surface area contributed by atoms with E-state index in [2.05, 4.69) is 10.00 Å². The monoisotopic (exact) mass is 422 g/mol. The van der Waals surface area contributed by atoms with Crippen molar-refractivity contribution in [3.63, 3.8) is 0 Å². The van der Waals surface area contributed by atoms with Crippen molar-refractivity contribution in [2.24, 2.45) is 0 Å². The minimum atomic E-state index is -0.0236. The number of para-hydroxylation sites is 2. The number of fused-ring (bicyclic) bond motifs is 2. The zero-order valence-electron chi connectivity index (χ0n) is 16.8. The Kier molecular flexibility index (Phi) is 4.87. The minimum Gasteiger partial charge on any atom is -0.489 e. The van der Waals surface area contributed by atoms with Crippen LogP contribution in [0.1, 0.15) is 21.6 Å². The van der Waals surface area contributed by atoms with Gasteiger partial charge in [-0.2, -0.15) is 5.10 Å². The first-order chi connectivity index (χ1) is 14.6. The molecule has 6 nitrogen and oxygen atoms in total. The van der Waals surface area contributed by atoms with Gasteiger partial charge in [0.1, 0.15) is 12.4 Å². The Morgan fingerprint density at radius 3 is 2.80 bits per heavy atom. The third-order valence-electron chi connectivity index (χ3n) is 5.81. The fourth-order valence-electron chi connectivity index (χ4n) is 4.25. The van der Waals surface area contributed by atoms with E-state index in [4.69, 9.17) is 16.3 Å². The van der Waals surface area contributed by atoms with Crippen molar-refractivity contribution in [1.82, 2.24) is 14.7 Å². The Hall–Kier alpha value is -2.99. The SMILES string of the molecule is CN1C[C@H](N2CCc3cn(Cc4ccc(Cl)cc4)nc3C2=O)COc2ccccc21. The third-order valence-corrected chi connectivity index (χ3v) is 6.07. The van der Waals surface area contributed by atoms with Gasteiger partial charge in [0.2, 0.25) is 0 Å². The highest BCUT2D eigenvalue weighted by Gasteiger charge is 2.35. The van der Waals surface area contributed by atoms with E-state index in [1.165, 1.54) is 0 Å². The largest absolute Gasteiger partial charge is 0.489 e. The second-order valence-corrected chi connectivity index (χ2v) is 8.33. The number of nitrogens with zero attached hydrogens (tertiary/aromatic N) is 4. The van der Waals surface area contributed by atoms with Crippen LogP contribution < -0.4 is 9.64 Å². The van der Waals surface area contributed by atoms with E-state index >= 15 is 0 Å². The topological polar surface area (TPSA) is 50.6 Å². The van der Waals surface area contributed by atoms with Gasteiger partial charge in [0.25, 0.3) is 5.91 Å². The minimum absolute atomic E-state index is 0.0148. The number of anilines is 1. The highest BCUT2D eigenvalue weighted by atomic mass is 35.5. The highest BCUT2D eigenvalue weighted by molar-refractivity contribution is 6.30. The molecule has 0 N–H and O–H groups in total. The lowest BCUT2D eigenvalue weighted by Gasteiger charge is -2.34. The standard InChI is InChI=1S/C23H23ClN4O2/c1-26-14-19(15-30-21-5-3-2-4-20(21)26)28-11-10-17-13-27(25-22(17)23(28)29)12-16-6-8-18(24)9-7-16/h2-9,13,19H,10-12,14-15H2,1H3/t19-/m0/s1. The molecular weight excluding hydrogens is 400 g/mol. The summed E-state index contributed by atoms with van der Waals surface area (Å²) in [6, 6.07) is 15.7. The van der Waals surface area contributed by atoms with Crippen LogP contribution >= 0.6 is 11.6 Å². The summed E-state index contributed by atoms with van der Waals surface area (Å²) in [5.74, 6) is 0.846. The molecule has 0 saturated carbocycles. The van der Waals surface area contributed by atoms with Gasteiger partial charge in [0, 0.05) is 36.9 Å². The first-order valence-electron chi connectivity index (χ1n) is 10.1. The van der Waals surface area contributed by atoms with E-state index in [-0.39, 0.29) is 11.9 Å². The predicted molar refractivity (Wildman–Crippen MR) is 117 cm³/mol. The molecule has 154 valence electrons.